The fraction of sp³-hybridized carbons (Fsp3) is 0.0833. The van der Waals surface area contributed by atoms with Gasteiger partial charge >= 0.3 is 0 Å². The zero-order valence-electron chi connectivity index (χ0n) is 10.1. The number of aromatic amines is 1. The molecule has 6 nitrogen and oxygen atoms in total. The van der Waals surface area contributed by atoms with Gasteiger partial charge in [-0.2, -0.15) is 10.2 Å². The molecule has 0 bridgehead atoms. The first-order chi connectivity index (χ1) is 9.20. The maximum atomic E-state index is 11.3. The minimum Gasteiger partial charge on any atom is -0.497 e. The van der Waals surface area contributed by atoms with Crippen LogP contribution in [0.3, 0.4) is 0 Å². The molecular weight excluding hydrogens is 312 g/mol. The molecule has 19 heavy (non-hydrogen) atoms. The molecule has 1 aromatic carbocycles. The summed E-state index contributed by atoms with van der Waals surface area (Å²) < 4.78 is 5.41. The Labute approximate surface area is 117 Å². The Morgan fingerprint density at radius 1 is 1.42 bits per heavy atom. The molecule has 0 aliphatic heterocycles. The number of nitrogens with one attached hydrogen (secondary N) is 2. The van der Waals surface area contributed by atoms with Gasteiger partial charge in [0.25, 0.3) is 5.56 Å². The topological polar surface area (TPSA) is 79.4 Å². The van der Waals surface area contributed by atoms with Crippen molar-refractivity contribution in [2.75, 3.05) is 12.5 Å². The summed E-state index contributed by atoms with van der Waals surface area (Å²) in [6.07, 6.45) is 3.10. The second-order valence-electron chi connectivity index (χ2n) is 3.57. The number of benzene rings is 1. The third-order valence-corrected chi connectivity index (χ3v) is 3.10. The van der Waals surface area contributed by atoms with Crippen molar-refractivity contribution < 1.29 is 4.74 Å². The number of hydrazone groups is 1. The Morgan fingerprint density at radius 3 is 2.84 bits per heavy atom. The zero-order chi connectivity index (χ0) is 13.7. The van der Waals surface area contributed by atoms with Crippen molar-refractivity contribution in [3.63, 3.8) is 0 Å². The fourth-order valence-electron chi connectivity index (χ4n) is 1.33. The lowest BCUT2D eigenvalue weighted by molar-refractivity contribution is 0.415. The van der Waals surface area contributed by atoms with Gasteiger partial charge in [0.1, 0.15) is 10.2 Å². The number of hydrogen-bond acceptors (Lipinski definition) is 5. The molecule has 98 valence electrons. The van der Waals surface area contributed by atoms with Crippen molar-refractivity contribution in [2.24, 2.45) is 5.10 Å². The van der Waals surface area contributed by atoms with Crippen LogP contribution in [0, 0.1) is 0 Å². The number of rotatable bonds is 4. The maximum absolute atomic E-state index is 11.3. The van der Waals surface area contributed by atoms with E-state index in [2.05, 4.69) is 36.7 Å². The highest BCUT2D eigenvalue weighted by atomic mass is 79.9. The van der Waals surface area contributed by atoms with E-state index in [4.69, 9.17) is 4.74 Å². The lowest BCUT2D eigenvalue weighted by Gasteiger charge is -2.01. The standard InChI is InChI=1S/C12H11BrN4O2/c1-19-9-4-2-8(3-5-9)6-14-16-10-7-15-17-12(18)11(10)13/h2-7H,1H3,(H2,16,17,18)/b14-6-. The molecule has 2 N–H and O–H groups in total. The molecule has 0 aliphatic rings. The van der Waals surface area contributed by atoms with Gasteiger partial charge in [-0.15, -0.1) is 0 Å². The summed E-state index contributed by atoms with van der Waals surface area (Å²) in [5.74, 6) is 0.784. The molecule has 1 heterocycles. The lowest BCUT2D eigenvalue weighted by Crippen LogP contribution is -2.10. The first kappa shape index (κ1) is 13.3. The van der Waals surface area contributed by atoms with Gasteiger partial charge in [-0.25, -0.2) is 5.10 Å². The van der Waals surface area contributed by atoms with Crippen LogP contribution in [0.1, 0.15) is 5.56 Å². The van der Waals surface area contributed by atoms with Crippen molar-refractivity contribution in [1.82, 2.24) is 10.2 Å². The molecule has 0 radical (unpaired) electrons. The highest BCUT2D eigenvalue weighted by Gasteiger charge is 2.02. The Morgan fingerprint density at radius 2 is 2.16 bits per heavy atom. The summed E-state index contributed by atoms with van der Waals surface area (Å²) in [6, 6.07) is 7.42. The Hall–Kier alpha value is -2.15. The summed E-state index contributed by atoms with van der Waals surface area (Å²) in [4.78, 5) is 11.3. The van der Waals surface area contributed by atoms with Crippen LogP contribution in [0.25, 0.3) is 0 Å². The van der Waals surface area contributed by atoms with Crippen LogP contribution in [0.15, 0.2) is 44.8 Å². The van der Waals surface area contributed by atoms with Crippen molar-refractivity contribution >= 4 is 27.8 Å². The van der Waals surface area contributed by atoms with Gasteiger partial charge in [-0.3, -0.25) is 10.2 Å². The van der Waals surface area contributed by atoms with E-state index in [0.717, 1.165) is 11.3 Å². The number of aromatic nitrogens is 2. The SMILES string of the molecule is COc1ccc(/C=N\Nc2cn[nH]c(=O)c2Br)cc1. The van der Waals surface area contributed by atoms with Crippen LogP contribution in [0.2, 0.25) is 0 Å². The molecule has 0 atom stereocenters. The van der Waals surface area contributed by atoms with Gasteiger partial charge in [0.05, 0.1) is 25.2 Å². The molecule has 0 saturated carbocycles. The largest absolute Gasteiger partial charge is 0.497 e. The van der Waals surface area contributed by atoms with Crippen LogP contribution >= 0.6 is 15.9 Å². The minimum atomic E-state index is -0.315. The Bertz CT molecular complexity index is 637. The summed E-state index contributed by atoms with van der Waals surface area (Å²) in [5, 5.41) is 10.0. The fourth-order valence-corrected chi connectivity index (χ4v) is 1.61. The molecule has 2 aromatic rings. The number of halogens is 1. The quantitative estimate of drug-likeness (QED) is 0.666. The minimum absolute atomic E-state index is 0.315. The first-order valence-corrected chi connectivity index (χ1v) is 6.16. The van der Waals surface area contributed by atoms with Gasteiger partial charge in [0, 0.05) is 0 Å². The summed E-state index contributed by atoms with van der Waals surface area (Å²) in [5.41, 5.74) is 3.82. The summed E-state index contributed by atoms with van der Waals surface area (Å²) in [6.45, 7) is 0. The van der Waals surface area contributed by atoms with Gasteiger partial charge in [-0.1, -0.05) is 0 Å². The second-order valence-corrected chi connectivity index (χ2v) is 4.36. The van der Waals surface area contributed by atoms with Gasteiger partial charge in [0.15, 0.2) is 0 Å². The average Bonchev–Trinajstić information content (AvgIpc) is 2.44. The third kappa shape index (κ3) is 3.41. The molecule has 7 heteroatoms. The van der Waals surface area contributed by atoms with Gasteiger partial charge in [-0.05, 0) is 45.8 Å². The smallest absolute Gasteiger partial charge is 0.280 e. The number of ether oxygens (including phenoxy) is 1. The third-order valence-electron chi connectivity index (χ3n) is 2.31. The van der Waals surface area contributed by atoms with E-state index in [9.17, 15) is 4.79 Å². The van der Waals surface area contributed by atoms with E-state index in [1.165, 1.54) is 6.20 Å². The Balaban J connectivity index is 2.07. The molecule has 1 aromatic heterocycles. The van der Waals surface area contributed by atoms with Crippen LogP contribution in [-0.2, 0) is 0 Å². The molecule has 0 aliphatic carbocycles. The van der Waals surface area contributed by atoms with E-state index in [0.29, 0.717) is 10.2 Å². The van der Waals surface area contributed by atoms with E-state index < -0.39 is 0 Å². The highest BCUT2D eigenvalue weighted by Crippen LogP contribution is 2.15. The van der Waals surface area contributed by atoms with Crippen molar-refractivity contribution in [1.29, 1.82) is 0 Å². The van der Waals surface area contributed by atoms with Crippen LogP contribution in [0.5, 0.6) is 5.75 Å². The average molecular weight is 323 g/mol. The van der Waals surface area contributed by atoms with Crippen molar-refractivity contribution in [3.05, 3.63) is 50.9 Å². The van der Waals surface area contributed by atoms with Crippen LogP contribution in [0.4, 0.5) is 5.69 Å². The molecule has 0 spiro atoms. The molecule has 0 unspecified atom stereocenters. The van der Waals surface area contributed by atoms with Gasteiger partial charge < -0.3 is 4.74 Å². The molecule has 0 saturated heterocycles. The monoisotopic (exact) mass is 322 g/mol. The number of hydrogen-bond donors (Lipinski definition) is 2. The van der Waals surface area contributed by atoms with Crippen molar-refractivity contribution in [2.45, 2.75) is 0 Å². The molecule has 0 amide bonds. The van der Waals surface area contributed by atoms with Crippen LogP contribution in [-0.4, -0.2) is 23.5 Å². The number of nitrogens with zero attached hydrogens (tertiary/aromatic N) is 2. The number of methoxy groups -OCH3 is 1. The predicted octanol–water partition coefficient (Wildman–Crippen LogP) is 1.99. The maximum Gasteiger partial charge on any atom is 0.280 e. The normalized spacial score (nSPS) is 10.6. The predicted molar refractivity (Wildman–Crippen MR) is 76.8 cm³/mol. The van der Waals surface area contributed by atoms with Crippen LogP contribution < -0.4 is 15.7 Å². The Kier molecular flexibility index (Phi) is 4.30. The van der Waals surface area contributed by atoms with Gasteiger partial charge in [0.2, 0.25) is 0 Å². The van der Waals surface area contributed by atoms with E-state index in [1.807, 2.05) is 24.3 Å². The zero-order valence-corrected chi connectivity index (χ0v) is 11.6. The number of anilines is 1. The first-order valence-electron chi connectivity index (χ1n) is 5.37. The molecule has 2 rings (SSSR count). The lowest BCUT2D eigenvalue weighted by atomic mass is 10.2. The summed E-state index contributed by atoms with van der Waals surface area (Å²) >= 11 is 3.15. The van der Waals surface area contributed by atoms with E-state index in [1.54, 1.807) is 13.3 Å². The highest BCUT2D eigenvalue weighted by molar-refractivity contribution is 9.10. The molecule has 0 fully saturated rings. The summed E-state index contributed by atoms with van der Waals surface area (Å²) in [7, 11) is 1.61. The van der Waals surface area contributed by atoms with E-state index >= 15 is 0 Å². The second kappa shape index (κ2) is 6.14. The number of H-pyrrole nitrogens is 1. The van der Waals surface area contributed by atoms with E-state index in [-0.39, 0.29) is 5.56 Å². The van der Waals surface area contributed by atoms with Crippen molar-refractivity contribution in [3.8, 4) is 5.75 Å². The molecular formula is C12H11BrN4O2.